The summed E-state index contributed by atoms with van der Waals surface area (Å²) in [6.07, 6.45) is 6.01. The third-order valence-electron chi connectivity index (χ3n) is 3.54. The zero-order valence-corrected chi connectivity index (χ0v) is 8.44. The summed E-state index contributed by atoms with van der Waals surface area (Å²) in [6, 6.07) is 10.4. The Labute approximate surface area is 89.0 Å². The van der Waals surface area contributed by atoms with Gasteiger partial charge >= 0.3 is 0 Å². The molecule has 15 heavy (non-hydrogen) atoms. The smallest absolute Gasteiger partial charge is 0.229 e. The summed E-state index contributed by atoms with van der Waals surface area (Å²) in [6.45, 7) is 0. The zero-order valence-electron chi connectivity index (χ0n) is 8.44. The van der Waals surface area contributed by atoms with Crippen LogP contribution in [0, 0.1) is 5.41 Å². The minimum atomic E-state index is -0.165. The molecule has 1 aliphatic carbocycles. The first-order valence-electron chi connectivity index (χ1n) is 5.34. The third-order valence-corrected chi connectivity index (χ3v) is 3.54. The van der Waals surface area contributed by atoms with Gasteiger partial charge in [-0.3, -0.25) is 4.79 Å². The van der Waals surface area contributed by atoms with Crippen molar-refractivity contribution < 1.29 is 4.79 Å². The Bertz CT molecular complexity index is 413. The van der Waals surface area contributed by atoms with Crippen molar-refractivity contribution in [3.05, 3.63) is 48.0 Å². The van der Waals surface area contributed by atoms with Gasteiger partial charge in [-0.1, -0.05) is 42.5 Å². The molecule has 1 saturated heterocycles. The number of carbonyl (C=O) groups is 1. The molecule has 1 fully saturated rings. The van der Waals surface area contributed by atoms with Crippen molar-refractivity contribution in [2.24, 2.45) is 5.41 Å². The van der Waals surface area contributed by atoms with Crippen LogP contribution in [0.2, 0.25) is 0 Å². The van der Waals surface area contributed by atoms with Crippen molar-refractivity contribution >= 4 is 5.91 Å². The van der Waals surface area contributed by atoms with Crippen LogP contribution < -0.4 is 5.32 Å². The first-order chi connectivity index (χ1) is 7.33. The standard InChI is InChI=1S/C13H13NO/c15-12-13(8-4-5-9-13)11(14-12)10-6-2-1-3-7-10/h1-7,11H,8-9H2,(H,14,15)/t11-/m1/s1. The van der Waals surface area contributed by atoms with E-state index in [-0.39, 0.29) is 17.4 Å². The molecule has 1 heterocycles. The van der Waals surface area contributed by atoms with Crippen LogP contribution in [0.15, 0.2) is 42.5 Å². The van der Waals surface area contributed by atoms with Crippen LogP contribution in [0.25, 0.3) is 0 Å². The zero-order chi connectivity index (χ0) is 10.3. The number of β-lactam (4-membered cyclic amide) rings is 1. The lowest BCUT2D eigenvalue weighted by Crippen LogP contribution is -2.59. The van der Waals surface area contributed by atoms with Gasteiger partial charge in [-0.15, -0.1) is 0 Å². The number of hydrogen-bond acceptors (Lipinski definition) is 1. The summed E-state index contributed by atoms with van der Waals surface area (Å²) in [5.74, 6) is 0.210. The molecule has 1 amide bonds. The molecule has 1 atom stereocenters. The fourth-order valence-corrected chi connectivity index (χ4v) is 2.61. The molecule has 1 spiro atoms. The fourth-order valence-electron chi connectivity index (χ4n) is 2.61. The quantitative estimate of drug-likeness (QED) is 0.545. The summed E-state index contributed by atoms with van der Waals surface area (Å²) < 4.78 is 0. The van der Waals surface area contributed by atoms with Gasteiger partial charge in [-0.05, 0) is 18.4 Å². The van der Waals surface area contributed by atoms with E-state index >= 15 is 0 Å². The molecule has 0 saturated carbocycles. The molecular formula is C13H13NO. The average Bonchev–Trinajstić information content (AvgIpc) is 2.79. The number of benzene rings is 1. The van der Waals surface area contributed by atoms with Crippen LogP contribution in [0.1, 0.15) is 24.4 Å². The highest BCUT2D eigenvalue weighted by Gasteiger charge is 2.55. The first-order valence-corrected chi connectivity index (χ1v) is 5.34. The van der Waals surface area contributed by atoms with E-state index in [4.69, 9.17) is 0 Å². The van der Waals surface area contributed by atoms with Crippen LogP contribution in [0.4, 0.5) is 0 Å². The van der Waals surface area contributed by atoms with E-state index in [2.05, 4.69) is 29.6 Å². The van der Waals surface area contributed by atoms with Gasteiger partial charge < -0.3 is 5.32 Å². The van der Waals surface area contributed by atoms with E-state index in [0.717, 1.165) is 12.8 Å². The second kappa shape index (κ2) is 2.96. The summed E-state index contributed by atoms with van der Waals surface area (Å²) in [7, 11) is 0. The Morgan fingerprint density at radius 3 is 2.40 bits per heavy atom. The maximum absolute atomic E-state index is 11.7. The van der Waals surface area contributed by atoms with Crippen LogP contribution in [-0.4, -0.2) is 5.91 Å². The van der Waals surface area contributed by atoms with E-state index in [1.165, 1.54) is 5.56 Å². The largest absolute Gasteiger partial charge is 0.348 e. The van der Waals surface area contributed by atoms with Crippen molar-refractivity contribution in [3.63, 3.8) is 0 Å². The van der Waals surface area contributed by atoms with E-state index in [1.807, 2.05) is 18.2 Å². The highest BCUT2D eigenvalue weighted by atomic mass is 16.2. The van der Waals surface area contributed by atoms with E-state index in [0.29, 0.717) is 0 Å². The molecule has 1 aromatic carbocycles. The minimum absolute atomic E-state index is 0.165. The maximum Gasteiger partial charge on any atom is 0.229 e. The lowest BCUT2D eigenvalue weighted by atomic mass is 9.68. The van der Waals surface area contributed by atoms with Crippen LogP contribution in [0.3, 0.4) is 0 Å². The molecule has 0 unspecified atom stereocenters. The van der Waals surface area contributed by atoms with Crippen LogP contribution in [-0.2, 0) is 4.79 Å². The predicted molar refractivity (Wildman–Crippen MR) is 58.1 cm³/mol. The van der Waals surface area contributed by atoms with E-state index in [1.54, 1.807) is 0 Å². The highest BCUT2D eigenvalue weighted by Crippen LogP contribution is 2.50. The Kier molecular flexibility index (Phi) is 1.72. The van der Waals surface area contributed by atoms with Gasteiger partial charge in [0, 0.05) is 0 Å². The maximum atomic E-state index is 11.7. The molecule has 0 bridgehead atoms. The number of allylic oxidation sites excluding steroid dienone is 2. The van der Waals surface area contributed by atoms with Gasteiger partial charge in [0.05, 0.1) is 11.5 Å². The molecule has 2 heteroatoms. The van der Waals surface area contributed by atoms with Crippen LogP contribution >= 0.6 is 0 Å². The number of rotatable bonds is 1. The van der Waals surface area contributed by atoms with Crippen LogP contribution in [0.5, 0.6) is 0 Å². The second-order valence-electron chi connectivity index (χ2n) is 4.35. The van der Waals surface area contributed by atoms with E-state index < -0.39 is 0 Å². The van der Waals surface area contributed by atoms with Gasteiger partial charge in [0.25, 0.3) is 0 Å². The number of carbonyl (C=O) groups excluding carboxylic acids is 1. The Morgan fingerprint density at radius 1 is 1.13 bits per heavy atom. The lowest BCUT2D eigenvalue weighted by molar-refractivity contribution is -0.145. The van der Waals surface area contributed by atoms with Gasteiger partial charge in [0.1, 0.15) is 0 Å². The van der Waals surface area contributed by atoms with Gasteiger partial charge in [0.15, 0.2) is 0 Å². The molecule has 3 rings (SSSR count). The summed E-state index contributed by atoms with van der Waals surface area (Å²) in [4.78, 5) is 11.7. The predicted octanol–water partition coefficient (Wildman–Crippen LogP) is 2.19. The molecule has 0 radical (unpaired) electrons. The summed E-state index contributed by atoms with van der Waals surface area (Å²) in [5, 5.41) is 3.01. The number of hydrogen-bond donors (Lipinski definition) is 1. The average molecular weight is 199 g/mol. The molecule has 1 N–H and O–H groups in total. The minimum Gasteiger partial charge on any atom is -0.348 e. The topological polar surface area (TPSA) is 29.1 Å². The third kappa shape index (κ3) is 1.08. The second-order valence-corrected chi connectivity index (χ2v) is 4.35. The van der Waals surface area contributed by atoms with Crippen molar-refractivity contribution in [1.82, 2.24) is 5.32 Å². The van der Waals surface area contributed by atoms with Gasteiger partial charge in [0.2, 0.25) is 5.91 Å². The SMILES string of the molecule is O=C1N[C@H](c2ccccc2)C12CC=CC2. The van der Waals surface area contributed by atoms with Gasteiger partial charge in [-0.25, -0.2) is 0 Å². The van der Waals surface area contributed by atoms with E-state index in [9.17, 15) is 4.79 Å². The highest BCUT2D eigenvalue weighted by molar-refractivity contribution is 5.91. The number of amides is 1. The Hall–Kier alpha value is -1.57. The van der Waals surface area contributed by atoms with Crippen molar-refractivity contribution in [2.75, 3.05) is 0 Å². The molecule has 2 aliphatic rings. The normalized spacial score (nSPS) is 26.4. The summed E-state index contributed by atoms with van der Waals surface area (Å²) in [5.41, 5.74) is 1.06. The first kappa shape index (κ1) is 8.72. The molecule has 1 aromatic rings. The van der Waals surface area contributed by atoms with Crippen molar-refractivity contribution in [1.29, 1.82) is 0 Å². The molecule has 76 valence electrons. The molecular weight excluding hydrogens is 186 g/mol. The monoisotopic (exact) mass is 199 g/mol. The lowest BCUT2D eigenvalue weighted by Gasteiger charge is -2.46. The Morgan fingerprint density at radius 2 is 1.80 bits per heavy atom. The van der Waals surface area contributed by atoms with Gasteiger partial charge in [-0.2, -0.15) is 0 Å². The molecule has 1 aliphatic heterocycles. The molecule has 0 aromatic heterocycles. The molecule has 2 nitrogen and oxygen atoms in total. The van der Waals surface area contributed by atoms with Crippen molar-refractivity contribution in [2.45, 2.75) is 18.9 Å². The summed E-state index contributed by atoms with van der Waals surface area (Å²) >= 11 is 0. The number of nitrogens with one attached hydrogen (secondary N) is 1. The Balaban J connectivity index is 1.93. The van der Waals surface area contributed by atoms with Crippen molar-refractivity contribution in [3.8, 4) is 0 Å². The fraction of sp³-hybridized carbons (Fsp3) is 0.308.